The fourth-order valence-electron chi connectivity index (χ4n) is 4.79. The van der Waals surface area contributed by atoms with Gasteiger partial charge in [0, 0.05) is 31.8 Å². The van der Waals surface area contributed by atoms with Crippen LogP contribution in [-0.4, -0.2) is 54.5 Å². The minimum atomic E-state index is -0.983. The molecular formula is C21H24N4O4. The van der Waals surface area contributed by atoms with Gasteiger partial charge >= 0.3 is 11.8 Å². The summed E-state index contributed by atoms with van der Waals surface area (Å²) in [5, 5.41) is 15.2. The Balaban J connectivity index is 1.48. The molecule has 29 heavy (non-hydrogen) atoms. The van der Waals surface area contributed by atoms with Gasteiger partial charge in [-0.25, -0.2) is 0 Å². The Hall–Kier alpha value is -2.92. The Kier molecular flexibility index (Phi) is 5.01. The van der Waals surface area contributed by atoms with Crippen molar-refractivity contribution in [2.75, 3.05) is 19.0 Å². The van der Waals surface area contributed by atoms with E-state index in [0.29, 0.717) is 5.69 Å². The van der Waals surface area contributed by atoms with E-state index >= 15 is 0 Å². The molecule has 1 aromatic rings. The fraction of sp³-hybridized carbons (Fsp3) is 0.524. The number of methoxy groups -OCH3 is 1. The highest BCUT2D eigenvalue weighted by atomic mass is 16.5. The average Bonchev–Trinajstić information content (AvgIpc) is 3.27. The number of fused-ring (bicyclic) bond motifs is 2. The zero-order valence-electron chi connectivity index (χ0n) is 16.3. The lowest BCUT2D eigenvalue weighted by Crippen LogP contribution is -2.49. The Labute approximate surface area is 169 Å². The number of hydrogen-bond acceptors (Lipinski definition) is 5. The van der Waals surface area contributed by atoms with Crippen molar-refractivity contribution >= 4 is 23.4 Å². The van der Waals surface area contributed by atoms with Crippen LogP contribution >= 0.6 is 0 Å². The zero-order chi connectivity index (χ0) is 20.6. The lowest BCUT2D eigenvalue weighted by Gasteiger charge is -2.29. The number of anilines is 1. The maximum absolute atomic E-state index is 12.9. The van der Waals surface area contributed by atoms with Gasteiger partial charge in [0.15, 0.2) is 0 Å². The number of likely N-dealkylation sites (tertiary alicyclic amines) is 1. The smallest absolute Gasteiger partial charge is 0.313 e. The van der Waals surface area contributed by atoms with Gasteiger partial charge in [-0.3, -0.25) is 14.4 Å². The van der Waals surface area contributed by atoms with Crippen molar-refractivity contribution in [2.45, 2.75) is 55.7 Å². The van der Waals surface area contributed by atoms with Crippen molar-refractivity contribution in [1.29, 1.82) is 5.26 Å². The van der Waals surface area contributed by atoms with E-state index in [2.05, 4.69) is 16.7 Å². The number of nitriles is 1. The van der Waals surface area contributed by atoms with Gasteiger partial charge in [-0.2, -0.15) is 5.26 Å². The van der Waals surface area contributed by atoms with Gasteiger partial charge in [-0.15, -0.1) is 0 Å². The number of rotatable bonds is 2. The molecule has 152 valence electrons. The molecule has 1 aliphatic carbocycles. The summed E-state index contributed by atoms with van der Waals surface area (Å²) in [7, 11) is 1.68. The topological polar surface area (TPSA) is 112 Å². The standard InChI is InChI=1S/C21H24N4O4/c1-29-15-8-6-13(7-9-15)23-18(26)19(27)25-12-21(10-14(25)11-22)16-4-2-3-5-17(16)24-20(21)28/h2-5,13-15H,6-10,12H2,1H3,(H,23,26)(H,24,28)/t13-,14-,15-,21-/m0/s1. The first-order chi connectivity index (χ1) is 14.0. The second kappa shape index (κ2) is 7.48. The number of nitrogens with one attached hydrogen (secondary N) is 2. The molecule has 2 atom stereocenters. The molecule has 4 rings (SSSR count). The summed E-state index contributed by atoms with van der Waals surface area (Å²) >= 11 is 0. The molecule has 2 N–H and O–H groups in total. The SMILES string of the molecule is CO[C@H]1CC[C@H](NC(=O)C(=O)N2C[C@]3(C[C@H]2C#N)C(=O)Nc2ccccc23)CC1. The summed E-state index contributed by atoms with van der Waals surface area (Å²) in [6, 6.07) is 8.49. The van der Waals surface area contributed by atoms with Crippen molar-refractivity contribution in [2.24, 2.45) is 0 Å². The number of ether oxygens (including phenoxy) is 1. The average molecular weight is 396 g/mol. The van der Waals surface area contributed by atoms with Gasteiger partial charge < -0.3 is 20.3 Å². The molecule has 2 fully saturated rings. The molecule has 0 bridgehead atoms. The highest BCUT2D eigenvalue weighted by molar-refractivity contribution is 6.35. The van der Waals surface area contributed by atoms with Crippen LogP contribution in [0.4, 0.5) is 5.69 Å². The molecule has 3 aliphatic rings. The quantitative estimate of drug-likeness (QED) is 0.727. The number of carbonyl (C=O) groups excluding carboxylic acids is 3. The van der Waals surface area contributed by atoms with Crippen LogP contribution in [0.25, 0.3) is 0 Å². The number of para-hydroxylation sites is 1. The summed E-state index contributed by atoms with van der Waals surface area (Å²) in [5.74, 6) is -1.69. The van der Waals surface area contributed by atoms with Crippen LogP contribution in [0, 0.1) is 11.3 Å². The third kappa shape index (κ3) is 3.25. The third-order valence-electron chi connectivity index (χ3n) is 6.43. The largest absolute Gasteiger partial charge is 0.381 e. The number of hydrogen-bond donors (Lipinski definition) is 2. The Bertz CT molecular complexity index is 887. The predicted molar refractivity (Wildman–Crippen MR) is 104 cm³/mol. The van der Waals surface area contributed by atoms with Crippen molar-refractivity contribution in [1.82, 2.24) is 10.2 Å². The van der Waals surface area contributed by atoms with Crippen LogP contribution in [0.15, 0.2) is 24.3 Å². The Morgan fingerprint density at radius 2 is 2.00 bits per heavy atom. The second-order valence-corrected chi connectivity index (χ2v) is 8.05. The maximum Gasteiger partial charge on any atom is 0.313 e. The highest BCUT2D eigenvalue weighted by Crippen LogP contribution is 2.46. The van der Waals surface area contributed by atoms with Crippen LogP contribution in [0.1, 0.15) is 37.7 Å². The van der Waals surface area contributed by atoms with E-state index in [4.69, 9.17) is 4.74 Å². The molecule has 2 aliphatic heterocycles. The van der Waals surface area contributed by atoms with Gasteiger partial charge in [0.1, 0.15) is 6.04 Å². The molecule has 0 radical (unpaired) electrons. The summed E-state index contributed by atoms with van der Waals surface area (Å²) in [5.41, 5.74) is 0.491. The van der Waals surface area contributed by atoms with Crippen molar-refractivity contribution in [3.8, 4) is 6.07 Å². The van der Waals surface area contributed by atoms with Gasteiger partial charge in [0.05, 0.1) is 17.6 Å². The second-order valence-electron chi connectivity index (χ2n) is 8.05. The van der Waals surface area contributed by atoms with E-state index in [-0.39, 0.29) is 31.0 Å². The predicted octanol–water partition coefficient (Wildman–Crippen LogP) is 1.07. The highest BCUT2D eigenvalue weighted by Gasteiger charge is 2.56. The van der Waals surface area contributed by atoms with Crippen LogP contribution in [0.3, 0.4) is 0 Å². The fourth-order valence-corrected chi connectivity index (χ4v) is 4.79. The van der Waals surface area contributed by atoms with Crippen molar-refractivity contribution in [3.63, 3.8) is 0 Å². The van der Waals surface area contributed by atoms with E-state index in [0.717, 1.165) is 31.2 Å². The molecule has 1 saturated carbocycles. The molecule has 8 heteroatoms. The lowest BCUT2D eigenvalue weighted by molar-refractivity contribution is -0.146. The molecule has 0 unspecified atom stereocenters. The normalized spacial score (nSPS) is 30.6. The number of amides is 3. The van der Waals surface area contributed by atoms with E-state index in [9.17, 15) is 19.6 Å². The summed E-state index contributed by atoms with van der Waals surface area (Å²) < 4.78 is 5.33. The molecule has 1 saturated heterocycles. The minimum absolute atomic E-state index is 0.0245. The van der Waals surface area contributed by atoms with Gasteiger partial charge in [0.2, 0.25) is 5.91 Å². The Morgan fingerprint density at radius 1 is 1.28 bits per heavy atom. The summed E-state index contributed by atoms with van der Waals surface area (Å²) in [4.78, 5) is 39.5. The van der Waals surface area contributed by atoms with Crippen LogP contribution in [0.5, 0.6) is 0 Å². The molecule has 0 aromatic heterocycles. The Morgan fingerprint density at radius 3 is 2.69 bits per heavy atom. The number of carbonyl (C=O) groups is 3. The lowest BCUT2D eigenvalue weighted by atomic mass is 9.80. The first-order valence-electron chi connectivity index (χ1n) is 9.93. The molecule has 8 nitrogen and oxygen atoms in total. The molecule has 1 aromatic carbocycles. The first-order valence-corrected chi connectivity index (χ1v) is 9.93. The minimum Gasteiger partial charge on any atom is -0.381 e. The maximum atomic E-state index is 12.9. The van der Waals surface area contributed by atoms with Crippen LogP contribution < -0.4 is 10.6 Å². The van der Waals surface area contributed by atoms with E-state index < -0.39 is 23.3 Å². The van der Waals surface area contributed by atoms with Gasteiger partial charge in [0.25, 0.3) is 0 Å². The van der Waals surface area contributed by atoms with Crippen LogP contribution in [0.2, 0.25) is 0 Å². The van der Waals surface area contributed by atoms with Crippen LogP contribution in [-0.2, 0) is 24.5 Å². The summed E-state index contributed by atoms with van der Waals surface area (Å²) in [6.45, 7) is 0.0245. The molecular weight excluding hydrogens is 372 g/mol. The molecule has 1 spiro atoms. The van der Waals surface area contributed by atoms with Crippen molar-refractivity contribution < 1.29 is 19.1 Å². The first kappa shape index (κ1) is 19.4. The number of nitrogens with zero attached hydrogens (tertiary/aromatic N) is 2. The number of benzene rings is 1. The third-order valence-corrected chi connectivity index (χ3v) is 6.43. The molecule has 2 heterocycles. The van der Waals surface area contributed by atoms with Gasteiger partial charge in [-0.1, -0.05) is 18.2 Å². The summed E-state index contributed by atoms with van der Waals surface area (Å²) in [6.07, 6.45) is 3.55. The van der Waals surface area contributed by atoms with E-state index in [1.54, 1.807) is 13.2 Å². The van der Waals surface area contributed by atoms with E-state index in [1.807, 2.05) is 18.2 Å². The van der Waals surface area contributed by atoms with Gasteiger partial charge in [-0.05, 0) is 37.3 Å². The monoisotopic (exact) mass is 396 g/mol. The zero-order valence-corrected chi connectivity index (χ0v) is 16.3. The van der Waals surface area contributed by atoms with E-state index in [1.165, 1.54) is 4.90 Å². The van der Waals surface area contributed by atoms with Crippen molar-refractivity contribution in [3.05, 3.63) is 29.8 Å². The molecule has 3 amide bonds.